The summed E-state index contributed by atoms with van der Waals surface area (Å²) in [6.45, 7) is 2.67. The zero-order valence-electron chi connectivity index (χ0n) is 9.03. The van der Waals surface area contributed by atoms with Gasteiger partial charge in [-0.1, -0.05) is 19.1 Å². The molecule has 84 valence electrons. The quantitative estimate of drug-likeness (QED) is 0.532. The summed E-state index contributed by atoms with van der Waals surface area (Å²) in [4.78, 5) is 0. The molecule has 1 rings (SSSR count). The second-order valence-corrected chi connectivity index (χ2v) is 3.74. The minimum absolute atomic E-state index is 0.285. The topological polar surface area (TPSA) is 84.3 Å². The summed E-state index contributed by atoms with van der Waals surface area (Å²) < 4.78 is 0. The monoisotopic (exact) mass is 209 g/mol. The third-order valence-corrected chi connectivity index (χ3v) is 2.39. The van der Waals surface area contributed by atoms with Gasteiger partial charge in [-0.15, -0.1) is 0 Å². The highest BCUT2D eigenvalue weighted by Crippen LogP contribution is 2.09. The Balaban J connectivity index is 2.35. The minimum Gasteiger partial charge on any atom is -0.508 e. The van der Waals surface area contributed by atoms with Crippen molar-refractivity contribution >= 4 is 0 Å². The maximum Gasteiger partial charge on any atom is 0.118 e. The zero-order chi connectivity index (χ0) is 11.3. The van der Waals surface area contributed by atoms with Crippen LogP contribution >= 0.6 is 0 Å². The molecule has 0 aliphatic heterocycles. The predicted octanol–water partition coefficient (Wildman–Crippen LogP) is 0.506. The van der Waals surface area contributed by atoms with E-state index in [1.54, 1.807) is 12.1 Å². The van der Waals surface area contributed by atoms with Gasteiger partial charge in [0, 0.05) is 6.54 Å². The lowest BCUT2D eigenvalue weighted by molar-refractivity contribution is 0.337. The Morgan fingerprint density at radius 3 is 2.40 bits per heavy atom. The first-order chi connectivity index (χ1) is 7.03. The smallest absolute Gasteiger partial charge is 0.118 e. The second-order valence-electron chi connectivity index (χ2n) is 3.74. The molecule has 6 N–H and O–H groups in total. The van der Waals surface area contributed by atoms with Gasteiger partial charge in [-0.3, -0.25) is 5.32 Å². The number of hydrogen-bond acceptors (Lipinski definition) is 4. The summed E-state index contributed by atoms with van der Waals surface area (Å²) >= 11 is 0. The molecule has 4 heteroatoms. The van der Waals surface area contributed by atoms with E-state index < -0.39 is 5.79 Å². The highest BCUT2D eigenvalue weighted by molar-refractivity contribution is 5.25. The van der Waals surface area contributed by atoms with Gasteiger partial charge in [-0.25, -0.2) is 0 Å². The van der Waals surface area contributed by atoms with Gasteiger partial charge in [0.2, 0.25) is 0 Å². The van der Waals surface area contributed by atoms with Crippen molar-refractivity contribution in [1.29, 1.82) is 0 Å². The first kappa shape index (κ1) is 12.0. The molecule has 0 amide bonds. The number of benzene rings is 1. The van der Waals surface area contributed by atoms with Crippen LogP contribution in [-0.2, 0) is 6.42 Å². The molecule has 4 nitrogen and oxygen atoms in total. The largest absolute Gasteiger partial charge is 0.508 e. The maximum atomic E-state index is 9.09. The van der Waals surface area contributed by atoms with E-state index in [0.717, 1.165) is 18.5 Å². The van der Waals surface area contributed by atoms with Crippen LogP contribution in [0.15, 0.2) is 24.3 Å². The molecule has 1 aromatic rings. The van der Waals surface area contributed by atoms with Crippen LogP contribution in [0.1, 0.15) is 18.9 Å². The van der Waals surface area contributed by atoms with Gasteiger partial charge in [0.05, 0.1) is 0 Å². The van der Waals surface area contributed by atoms with Crippen LogP contribution < -0.4 is 16.8 Å². The fourth-order valence-corrected chi connectivity index (χ4v) is 1.23. The van der Waals surface area contributed by atoms with Crippen LogP contribution in [-0.4, -0.2) is 17.4 Å². The molecule has 15 heavy (non-hydrogen) atoms. The van der Waals surface area contributed by atoms with Crippen LogP contribution in [0.3, 0.4) is 0 Å². The fourth-order valence-electron chi connectivity index (χ4n) is 1.23. The van der Waals surface area contributed by atoms with Crippen LogP contribution in [0.5, 0.6) is 5.75 Å². The third kappa shape index (κ3) is 4.29. The predicted molar refractivity (Wildman–Crippen MR) is 61.2 cm³/mol. The number of rotatable bonds is 5. The number of nitrogens with one attached hydrogen (secondary N) is 1. The molecular formula is C11H19N3O. The molecule has 0 heterocycles. The molecule has 0 radical (unpaired) electrons. The van der Waals surface area contributed by atoms with Gasteiger partial charge >= 0.3 is 0 Å². The van der Waals surface area contributed by atoms with Crippen molar-refractivity contribution < 1.29 is 5.11 Å². The van der Waals surface area contributed by atoms with E-state index in [-0.39, 0.29) is 5.75 Å². The number of phenolic OH excluding ortho intramolecular Hbond substituents is 1. The number of aromatic hydroxyl groups is 1. The van der Waals surface area contributed by atoms with E-state index in [9.17, 15) is 0 Å². The van der Waals surface area contributed by atoms with Crippen LogP contribution in [0, 0.1) is 0 Å². The van der Waals surface area contributed by atoms with Crippen molar-refractivity contribution in [3.8, 4) is 5.75 Å². The van der Waals surface area contributed by atoms with Crippen molar-refractivity contribution in [3.05, 3.63) is 29.8 Å². The van der Waals surface area contributed by atoms with E-state index in [0.29, 0.717) is 6.42 Å². The van der Waals surface area contributed by atoms with Crippen molar-refractivity contribution in [2.75, 3.05) is 6.54 Å². The Morgan fingerprint density at radius 1 is 1.27 bits per heavy atom. The molecule has 0 fully saturated rings. The molecule has 0 aliphatic rings. The van der Waals surface area contributed by atoms with Crippen molar-refractivity contribution in [2.45, 2.75) is 25.6 Å². The molecule has 1 aromatic carbocycles. The van der Waals surface area contributed by atoms with Crippen molar-refractivity contribution in [2.24, 2.45) is 11.5 Å². The molecule has 0 aromatic heterocycles. The van der Waals surface area contributed by atoms with E-state index in [1.807, 2.05) is 19.1 Å². The Labute approximate surface area is 90.3 Å². The highest BCUT2D eigenvalue weighted by atomic mass is 16.3. The first-order valence-electron chi connectivity index (χ1n) is 5.14. The van der Waals surface area contributed by atoms with E-state index in [2.05, 4.69) is 5.32 Å². The Bertz CT molecular complexity index is 295. The summed E-state index contributed by atoms with van der Waals surface area (Å²) in [5.41, 5.74) is 12.6. The maximum absolute atomic E-state index is 9.09. The van der Waals surface area contributed by atoms with Gasteiger partial charge in [-0.05, 0) is 30.5 Å². The fraction of sp³-hybridized carbons (Fsp3) is 0.455. The first-order valence-corrected chi connectivity index (χ1v) is 5.14. The van der Waals surface area contributed by atoms with Crippen molar-refractivity contribution in [3.63, 3.8) is 0 Å². The van der Waals surface area contributed by atoms with Gasteiger partial charge in [0.25, 0.3) is 0 Å². The highest BCUT2D eigenvalue weighted by Gasteiger charge is 2.13. The summed E-state index contributed by atoms with van der Waals surface area (Å²) in [6, 6.07) is 7.12. The summed E-state index contributed by atoms with van der Waals surface area (Å²) in [7, 11) is 0. The minimum atomic E-state index is -0.781. The number of phenols is 1. The van der Waals surface area contributed by atoms with E-state index >= 15 is 0 Å². The van der Waals surface area contributed by atoms with Crippen LogP contribution in [0.25, 0.3) is 0 Å². The summed E-state index contributed by atoms with van der Waals surface area (Å²) in [5, 5.41) is 12.2. The van der Waals surface area contributed by atoms with Gasteiger partial charge in [0.15, 0.2) is 0 Å². The van der Waals surface area contributed by atoms with E-state index in [4.69, 9.17) is 16.6 Å². The normalized spacial score (nSPS) is 11.7. The SMILES string of the molecule is CCC(N)(N)NCCc1ccc(O)cc1. The van der Waals surface area contributed by atoms with Crippen LogP contribution in [0.2, 0.25) is 0 Å². The lowest BCUT2D eigenvalue weighted by Gasteiger charge is -2.24. The van der Waals surface area contributed by atoms with Gasteiger partial charge in [0.1, 0.15) is 11.5 Å². The molecule has 0 saturated heterocycles. The Morgan fingerprint density at radius 2 is 1.87 bits per heavy atom. The Hall–Kier alpha value is -1.10. The second kappa shape index (κ2) is 5.11. The van der Waals surface area contributed by atoms with E-state index in [1.165, 1.54) is 0 Å². The standard InChI is InChI=1S/C11H19N3O/c1-2-11(12,13)14-8-7-9-3-5-10(15)6-4-9/h3-6,14-15H,2,7-8,12-13H2,1H3. The van der Waals surface area contributed by atoms with Crippen LogP contribution in [0.4, 0.5) is 0 Å². The third-order valence-electron chi connectivity index (χ3n) is 2.39. The molecular weight excluding hydrogens is 190 g/mol. The van der Waals surface area contributed by atoms with Gasteiger partial charge in [-0.2, -0.15) is 0 Å². The molecule has 0 aliphatic carbocycles. The Kier molecular flexibility index (Phi) is 4.08. The number of nitrogens with two attached hydrogens (primary N) is 2. The molecule has 0 atom stereocenters. The number of hydrogen-bond donors (Lipinski definition) is 4. The van der Waals surface area contributed by atoms with Crippen molar-refractivity contribution in [1.82, 2.24) is 5.32 Å². The lowest BCUT2D eigenvalue weighted by atomic mass is 10.1. The average Bonchev–Trinajstić information content (AvgIpc) is 2.21. The lowest BCUT2D eigenvalue weighted by Crippen LogP contribution is -2.61. The zero-order valence-corrected chi connectivity index (χ0v) is 9.03. The summed E-state index contributed by atoms with van der Waals surface area (Å²) in [5.74, 6) is -0.496. The summed E-state index contributed by atoms with van der Waals surface area (Å²) in [6.07, 6.45) is 1.53. The molecule has 0 saturated carbocycles. The molecule has 0 bridgehead atoms. The van der Waals surface area contributed by atoms with Gasteiger partial charge < -0.3 is 16.6 Å². The molecule has 0 unspecified atom stereocenters. The average molecular weight is 209 g/mol. The molecule has 0 spiro atoms.